The van der Waals surface area contributed by atoms with Gasteiger partial charge in [-0.2, -0.15) is 0 Å². The maximum Gasteiger partial charge on any atom is 0.329 e. The summed E-state index contributed by atoms with van der Waals surface area (Å²) >= 11 is 12.0. The Hall–Kier alpha value is -2.36. The van der Waals surface area contributed by atoms with Crippen molar-refractivity contribution in [1.29, 1.82) is 0 Å². The van der Waals surface area contributed by atoms with E-state index in [4.69, 9.17) is 41.7 Å². The minimum Gasteiger partial charge on any atom is -0.466 e. The number of carbonyl (C=O) groups is 1. The molecule has 0 radical (unpaired) electrons. The Morgan fingerprint density at radius 1 is 1.24 bits per heavy atom. The predicted molar refractivity (Wildman–Crippen MR) is 125 cm³/mol. The normalized spacial score (nSPS) is 14.6. The average Bonchev–Trinajstić information content (AvgIpc) is 2.69. The molecule has 0 saturated carbocycles. The standard InChI is InChI=1S/C20H23Cl2N2O8P/c1-5-30-19(25)12-20(2,32-33(4,28)29-3)23-16-11-14(7-8-17(16)24(26)27)31-18-9-6-13(21)10-15(18)22/h6-11,23H,5,12H2,1-4H3. The summed E-state index contributed by atoms with van der Waals surface area (Å²) in [6, 6.07) is 8.49. The van der Waals surface area contributed by atoms with Gasteiger partial charge in [-0.25, -0.2) is 0 Å². The maximum atomic E-state index is 12.5. The molecule has 0 amide bonds. The van der Waals surface area contributed by atoms with Crippen molar-refractivity contribution in [3.8, 4) is 11.5 Å². The van der Waals surface area contributed by atoms with Gasteiger partial charge in [-0.15, -0.1) is 0 Å². The van der Waals surface area contributed by atoms with Crippen LogP contribution < -0.4 is 10.1 Å². The summed E-state index contributed by atoms with van der Waals surface area (Å²) in [4.78, 5) is 23.1. The zero-order valence-corrected chi connectivity index (χ0v) is 20.7. The van der Waals surface area contributed by atoms with Crippen LogP contribution in [-0.2, 0) is 23.1 Å². The highest BCUT2D eigenvalue weighted by molar-refractivity contribution is 7.53. The number of halogens is 2. The molecule has 0 aliphatic rings. The number of ether oxygens (including phenoxy) is 2. The van der Waals surface area contributed by atoms with E-state index < -0.39 is 30.6 Å². The molecule has 2 aromatic carbocycles. The van der Waals surface area contributed by atoms with Crippen molar-refractivity contribution in [3.63, 3.8) is 0 Å². The van der Waals surface area contributed by atoms with Crippen LogP contribution in [0.1, 0.15) is 20.3 Å². The van der Waals surface area contributed by atoms with E-state index in [1.165, 1.54) is 45.0 Å². The molecule has 2 rings (SSSR count). The van der Waals surface area contributed by atoms with E-state index in [1.54, 1.807) is 19.1 Å². The molecular weight excluding hydrogens is 498 g/mol. The van der Waals surface area contributed by atoms with Crippen LogP contribution in [0.3, 0.4) is 0 Å². The number of hydrogen-bond acceptors (Lipinski definition) is 9. The fraction of sp³-hybridized carbons (Fsp3) is 0.350. The third-order valence-electron chi connectivity index (χ3n) is 4.17. The number of nitro groups is 1. The van der Waals surface area contributed by atoms with E-state index in [0.29, 0.717) is 5.02 Å². The molecule has 0 bridgehead atoms. The Labute approximate surface area is 200 Å². The summed E-state index contributed by atoms with van der Waals surface area (Å²) in [5, 5.41) is 15.0. The number of benzene rings is 2. The predicted octanol–water partition coefficient (Wildman–Crippen LogP) is 6.26. The highest BCUT2D eigenvalue weighted by Gasteiger charge is 2.37. The molecule has 0 aliphatic carbocycles. The quantitative estimate of drug-likeness (QED) is 0.120. The van der Waals surface area contributed by atoms with Gasteiger partial charge < -0.3 is 19.3 Å². The largest absolute Gasteiger partial charge is 0.466 e. The first-order valence-corrected chi connectivity index (χ1v) is 12.3. The summed E-state index contributed by atoms with van der Waals surface area (Å²) in [6.45, 7) is 4.33. The molecule has 10 nitrogen and oxygen atoms in total. The zero-order chi connectivity index (χ0) is 24.8. The fourth-order valence-corrected chi connectivity index (χ4v) is 4.16. The lowest BCUT2D eigenvalue weighted by molar-refractivity contribution is -0.384. The van der Waals surface area contributed by atoms with Crippen LogP contribution in [0.25, 0.3) is 0 Å². The van der Waals surface area contributed by atoms with E-state index >= 15 is 0 Å². The van der Waals surface area contributed by atoms with Gasteiger partial charge in [-0.3, -0.25) is 24.0 Å². The van der Waals surface area contributed by atoms with Gasteiger partial charge in [0, 0.05) is 30.9 Å². The Bertz CT molecular complexity index is 1080. The Morgan fingerprint density at radius 2 is 1.94 bits per heavy atom. The second-order valence-corrected chi connectivity index (χ2v) is 9.93. The van der Waals surface area contributed by atoms with Gasteiger partial charge >= 0.3 is 13.6 Å². The van der Waals surface area contributed by atoms with Gasteiger partial charge in [0.1, 0.15) is 17.2 Å². The number of nitrogens with one attached hydrogen (secondary N) is 1. The van der Waals surface area contributed by atoms with Gasteiger partial charge in [-0.1, -0.05) is 23.2 Å². The van der Waals surface area contributed by atoms with Gasteiger partial charge in [-0.05, 0) is 38.1 Å². The van der Waals surface area contributed by atoms with Gasteiger partial charge in [0.25, 0.3) is 5.69 Å². The minimum absolute atomic E-state index is 0.0644. The van der Waals surface area contributed by atoms with Crippen LogP contribution in [0, 0.1) is 10.1 Å². The van der Waals surface area contributed by atoms with E-state index in [-0.39, 0.29) is 34.5 Å². The lowest BCUT2D eigenvalue weighted by atomic mass is 10.1. The average molecular weight is 521 g/mol. The second-order valence-electron chi connectivity index (χ2n) is 7.00. The SMILES string of the molecule is CCOC(=O)CC(C)(Nc1cc(Oc2ccc(Cl)cc2Cl)ccc1[N+](=O)[O-])OP(C)(=O)OC. The van der Waals surface area contributed by atoms with E-state index in [0.717, 1.165) is 0 Å². The zero-order valence-electron chi connectivity index (χ0n) is 18.3. The molecule has 0 spiro atoms. The molecule has 0 heterocycles. The third-order valence-corrected chi connectivity index (χ3v) is 6.10. The van der Waals surface area contributed by atoms with Crippen molar-refractivity contribution in [2.24, 2.45) is 0 Å². The maximum absolute atomic E-state index is 12.5. The number of nitro benzene ring substituents is 1. The van der Waals surface area contributed by atoms with Crippen molar-refractivity contribution in [1.82, 2.24) is 0 Å². The summed E-state index contributed by atoms with van der Waals surface area (Å²) in [5.41, 5.74) is -2.09. The summed E-state index contributed by atoms with van der Waals surface area (Å²) < 4.78 is 33.6. The van der Waals surface area contributed by atoms with Crippen molar-refractivity contribution >= 4 is 48.1 Å². The van der Waals surface area contributed by atoms with Crippen molar-refractivity contribution < 1.29 is 32.8 Å². The molecular formula is C20H23Cl2N2O8P. The van der Waals surface area contributed by atoms with E-state index in [1.807, 2.05) is 0 Å². The second kappa shape index (κ2) is 11.2. The molecule has 180 valence electrons. The van der Waals surface area contributed by atoms with Crippen molar-refractivity contribution in [3.05, 3.63) is 56.6 Å². The van der Waals surface area contributed by atoms with Crippen LogP contribution in [0.4, 0.5) is 11.4 Å². The summed E-state index contributed by atoms with van der Waals surface area (Å²) in [5.74, 6) is -0.215. The lowest BCUT2D eigenvalue weighted by Gasteiger charge is -2.32. The summed E-state index contributed by atoms with van der Waals surface area (Å²) in [6.07, 6.45) is -0.423. The highest BCUT2D eigenvalue weighted by Crippen LogP contribution is 2.48. The number of nitrogens with zero attached hydrogens (tertiary/aromatic N) is 1. The van der Waals surface area contributed by atoms with Crippen LogP contribution in [0.5, 0.6) is 11.5 Å². The van der Waals surface area contributed by atoms with Crippen LogP contribution in [-0.4, -0.2) is 37.0 Å². The smallest absolute Gasteiger partial charge is 0.329 e. The Morgan fingerprint density at radius 3 is 2.52 bits per heavy atom. The van der Waals surface area contributed by atoms with Gasteiger partial charge in [0.2, 0.25) is 0 Å². The minimum atomic E-state index is -3.63. The fourth-order valence-electron chi connectivity index (χ4n) is 2.80. The molecule has 0 aromatic heterocycles. The van der Waals surface area contributed by atoms with Gasteiger partial charge in [0.05, 0.1) is 23.0 Å². The number of esters is 1. The Balaban J connectivity index is 2.45. The van der Waals surface area contributed by atoms with Crippen LogP contribution >= 0.6 is 30.8 Å². The third kappa shape index (κ3) is 7.87. The van der Waals surface area contributed by atoms with Gasteiger partial charge in [0.15, 0.2) is 5.72 Å². The molecule has 0 saturated heterocycles. The molecule has 0 fully saturated rings. The van der Waals surface area contributed by atoms with E-state index in [9.17, 15) is 19.5 Å². The molecule has 2 aromatic rings. The summed E-state index contributed by atoms with van der Waals surface area (Å²) in [7, 11) is -2.45. The number of hydrogen-bond donors (Lipinski definition) is 1. The van der Waals surface area contributed by atoms with Crippen molar-refractivity contribution in [2.45, 2.75) is 26.0 Å². The topological polar surface area (TPSA) is 126 Å². The number of anilines is 1. The first kappa shape index (κ1) is 26.9. The van der Waals surface area contributed by atoms with E-state index in [2.05, 4.69) is 5.32 Å². The molecule has 0 aliphatic heterocycles. The molecule has 33 heavy (non-hydrogen) atoms. The number of rotatable bonds is 11. The molecule has 2 atom stereocenters. The monoisotopic (exact) mass is 520 g/mol. The first-order chi connectivity index (χ1) is 15.4. The first-order valence-electron chi connectivity index (χ1n) is 9.57. The Kier molecular flexibility index (Phi) is 9.11. The lowest BCUT2D eigenvalue weighted by Crippen LogP contribution is -2.40. The molecule has 1 N–H and O–H groups in total. The van der Waals surface area contributed by atoms with Crippen LogP contribution in [0.15, 0.2) is 36.4 Å². The molecule has 2 unspecified atom stereocenters. The van der Waals surface area contributed by atoms with Crippen LogP contribution in [0.2, 0.25) is 10.0 Å². The van der Waals surface area contributed by atoms with Crippen molar-refractivity contribution in [2.75, 3.05) is 25.7 Å². The number of carbonyl (C=O) groups excluding carboxylic acids is 1. The molecule has 13 heteroatoms. The highest BCUT2D eigenvalue weighted by atomic mass is 35.5.